The summed E-state index contributed by atoms with van der Waals surface area (Å²) < 4.78 is 0. The van der Waals surface area contributed by atoms with Gasteiger partial charge in [0.1, 0.15) is 0 Å². The quantitative estimate of drug-likeness (QED) is 0.460. The fourth-order valence-electron chi connectivity index (χ4n) is 4.47. The van der Waals surface area contributed by atoms with Crippen molar-refractivity contribution >= 4 is 22.4 Å². The zero-order chi connectivity index (χ0) is 21.8. The van der Waals surface area contributed by atoms with Crippen LogP contribution in [-0.4, -0.2) is 28.8 Å². The largest absolute Gasteiger partial charge is 0.352 e. The Morgan fingerprint density at radius 1 is 1.10 bits per heavy atom. The number of carbonyl (C=O) groups is 1. The van der Waals surface area contributed by atoms with Crippen LogP contribution in [-0.2, 0) is 11.3 Å². The Kier molecular flexibility index (Phi) is 6.28. The molecule has 1 aliphatic rings. The monoisotopic (exact) mass is 417 g/mol. The molecular formula is C25H27N3O3. The highest BCUT2D eigenvalue weighted by molar-refractivity contribution is 5.86. The van der Waals surface area contributed by atoms with Gasteiger partial charge in [-0.1, -0.05) is 54.6 Å². The highest BCUT2D eigenvalue weighted by Gasteiger charge is 2.28. The topological polar surface area (TPSA) is 75.5 Å². The van der Waals surface area contributed by atoms with Crippen LogP contribution in [0.1, 0.15) is 36.9 Å². The molecule has 1 N–H and O–H groups in total. The second kappa shape index (κ2) is 9.27. The number of amides is 1. The lowest BCUT2D eigenvalue weighted by atomic mass is 9.92. The van der Waals surface area contributed by atoms with E-state index in [1.165, 1.54) is 28.5 Å². The standard InChI is InChI=1S/C25H27N3O3/c1-18(23-11-5-8-20-7-2-3-10-24(20)23)27-14-12-21(13-15-27)25(29)26-17-19-6-4-9-22(16-19)28(30)31/h2-11,16,18,21H,12-15,17H2,1H3,(H,26,29). The van der Waals surface area contributed by atoms with Gasteiger partial charge in [-0.2, -0.15) is 0 Å². The maximum Gasteiger partial charge on any atom is 0.269 e. The van der Waals surface area contributed by atoms with Crippen molar-refractivity contribution in [3.05, 3.63) is 88.0 Å². The van der Waals surface area contributed by atoms with E-state index in [1.54, 1.807) is 12.1 Å². The van der Waals surface area contributed by atoms with Crippen molar-refractivity contribution in [3.63, 3.8) is 0 Å². The Bertz CT molecular complexity index is 1080. The van der Waals surface area contributed by atoms with Crippen LogP contribution in [0.2, 0.25) is 0 Å². The van der Waals surface area contributed by atoms with Gasteiger partial charge in [-0.3, -0.25) is 19.8 Å². The molecule has 1 unspecified atom stereocenters. The van der Waals surface area contributed by atoms with Crippen molar-refractivity contribution < 1.29 is 9.72 Å². The molecule has 1 heterocycles. The fraction of sp³-hybridized carbons (Fsp3) is 0.320. The lowest BCUT2D eigenvalue weighted by molar-refractivity contribution is -0.384. The number of hydrogen-bond acceptors (Lipinski definition) is 4. The maximum atomic E-state index is 12.6. The van der Waals surface area contributed by atoms with E-state index in [9.17, 15) is 14.9 Å². The van der Waals surface area contributed by atoms with Crippen LogP contribution >= 0.6 is 0 Å². The predicted octanol–water partition coefficient (Wildman–Crippen LogP) is 4.84. The molecule has 3 aromatic carbocycles. The van der Waals surface area contributed by atoms with Gasteiger partial charge < -0.3 is 5.32 Å². The minimum absolute atomic E-state index is 0.0188. The molecule has 6 nitrogen and oxygen atoms in total. The molecule has 1 fully saturated rings. The Hall–Kier alpha value is -3.25. The number of carbonyl (C=O) groups excluding carboxylic acids is 1. The summed E-state index contributed by atoms with van der Waals surface area (Å²) in [4.78, 5) is 25.6. The smallest absolute Gasteiger partial charge is 0.269 e. The van der Waals surface area contributed by atoms with Gasteiger partial charge in [-0.05, 0) is 54.8 Å². The van der Waals surface area contributed by atoms with E-state index in [2.05, 4.69) is 59.6 Å². The maximum absolute atomic E-state index is 12.6. The molecule has 1 saturated heterocycles. The number of benzene rings is 3. The normalized spacial score (nSPS) is 16.2. The van der Waals surface area contributed by atoms with Crippen molar-refractivity contribution in [1.29, 1.82) is 0 Å². The number of fused-ring (bicyclic) bond motifs is 1. The number of nitrogens with zero attached hydrogens (tertiary/aromatic N) is 2. The van der Waals surface area contributed by atoms with E-state index in [-0.39, 0.29) is 17.5 Å². The number of non-ortho nitro benzene ring substituents is 1. The number of nitro benzene ring substituents is 1. The molecule has 1 amide bonds. The number of nitrogens with one attached hydrogen (secondary N) is 1. The summed E-state index contributed by atoms with van der Waals surface area (Å²) in [5, 5.41) is 16.4. The second-order valence-corrected chi connectivity index (χ2v) is 8.20. The average Bonchev–Trinajstić information content (AvgIpc) is 2.82. The third-order valence-corrected chi connectivity index (χ3v) is 6.31. The minimum atomic E-state index is -0.418. The molecule has 6 heteroatoms. The summed E-state index contributed by atoms with van der Waals surface area (Å²) >= 11 is 0. The SMILES string of the molecule is CC(c1cccc2ccccc12)N1CCC(C(=O)NCc2cccc([N+](=O)[O-])c2)CC1. The summed E-state index contributed by atoms with van der Waals surface area (Å²) in [6.45, 7) is 4.30. The Balaban J connectivity index is 1.33. The van der Waals surface area contributed by atoms with Gasteiger partial charge in [0, 0.05) is 30.6 Å². The molecule has 3 aromatic rings. The third kappa shape index (κ3) is 4.75. The number of hydrogen-bond donors (Lipinski definition) is 1. The first kappa shape index (κ1) is 21.0. The number of nitro groups is 1. The fourth-order valence-corrected chi connectivity index (χ4v) is 4.47. The Morgan fingerprint density at radius 2 is 1.81 bits per heavy atom. The molecule has 0 spiro atoms. The van der Waals surface area contributed by atoms with Gasteiger partial charge in [0.05, 0.1) is 4.92 Å². The van der Waals surface area contributed by atoms with E-state index in [0.29, 0.717) is 12.6 Å². The van der Waals surface area contributed by atoms with Crippen LogP contribution in [0, 0.1) is 16.0 Å². The summed E-state index contributed by atoms with van der Waals surface area (Å²) in [6, 6.07) is 21.6. The van der Waals surface area contributed by atoms with Crippen LogP contribution in [0.25, 0.3) is 10.8 Å². The summed E-state index contributed by atoms with van der Waals surface area (Å²) in [5.74, 6) is 0.0126. The van der Waals surface area contributed by atoms with Crippen LogP contribution in [0.3, 0.4) is 0 Å². The lowest BCUT2D eigenvalue weighted by Crippen LogP contribution is -2.41. The van der Waals surface area contributed by atoms with Gasteiger partial charge in [-0.15, -0.1) is 0 Å². The zero-order valence-corrected chi connectivity index (χ0v) is 17.7. The highest BCUT2D eigenvalue weighted by atomic mass is 16.6. The van der Waals surface area contributed by atoms with Crippen LogP contribution < -0.4 is 5.32 Å². The van der Waals surface area contributed by atoms with Crippen LogP contribution in [0.4, 0.5) is 5.69 Å². The van der Waals surface area contributed by atoms with Gasteiger partial charge in [0.25, 0.3) is 5.69 Å². The van der Waals surface area contributed by atoms with E-state index >= 15 is 0 Å². The molecule has 4 rings (SSSR count). The van der Waals surface area contributed by atoms with Gasteiger partial charge in [0.15, 0.2) is 0 Å². The van der Waals surface area contributed by atoms with Crippen molar-refractivity contribution in [2.45, 2.75) is 32.4 Å². The molecule has 160 valence electrons. The molecule has 0 aromatic heterocycles. The van der Waals surface area contributed by atoms with E-state index in [4.69, 9.17) is 0 Å². The first-order valence-electron chi connectivity index (χ1n) is 10.8. The number of rotatable bonds is 6. The molecule has 0 saturated carbocycles. The third-order valence-electron chi connectivity index (χ3n) is 6.31. The van der Waals surface area contributed by atoms with Gasteiger partial charge in [0.2, 0.25) is 5.91 Å². The summed E-state index contributed by atoms with van der Waals surface area (Å²) in [7, 11) is 0. The zero-order valence-electron chi connectivity index (χ0n) is 17.7. The average molecular weight is 418 g/mol. The predicted molar refractivity (Wildman–Crippen MR) is 122 cm³/mol. The molecule has 0 aliphatic carbocycles. The first-order chi connectivity index (χ1) is 15.0. The lowest BCUT2D eigenvalue weighted by Gasteiger charge is -2.36. The van der Waals surface area contributed by atoms with Crippen molar-refractivity contribution in [1.82, 2.24) is 10.2 Å². The summed E-state index contributed by atoms with van der Waals surface area (Å²) in [6.07, 6.45) is 1.63. The molecular weight excluding hydrogens is 390 g/mol. The number of piperidine rings is 1. The van der Waals surface area contributed by atoms with Crippen LogP contribution in [0.5, 0.6) is 0 Å². The second-order valence-electron chi connectivity index (χ2n) is 8.20. The Morgan fingerprint density at radius 3 is 2.58 bits per heavy atom. The molecule has 1 atom stereocenters. The van der Waals surface area contributed by atoms with Crippen LogP contribution in [0.15, 0.2) is 66.7 Å². The molecule has 31 heavy (non-hydrogen) atoms. The molecule has 0 bridgehead atoms. The van der Waals surface area contributed by atoms with Gasteiger partial charge in [-0.25, -0.2) is 0 Å². The van der Waals surface area contributed by atoms with E-state index in [0.717, 1.165) is 31.5 Å². The molecule has 1 aliphatic heterocycles. The summed E-state index contributed by atoms with van der Waals surface area (Å²) in [5.41, 5.74) is 2.11. The van der Waals surface area contributed by atoms with Crippen molar-refractivity contribution in [2.75, 3.05) is 13.1 Å². The van der Waals surface area contributed by atoms with Gasteiger partial charge >= 0.3 is 0 Å². The Labute approximate surface area is 182 Å². The van der Waals surface area contributed by atoms with E-state index < -0.39 is 4.92 Å². The van der Waals surface area contributed by atoms with E-state index in [1.807, 2.05) is 0 Å². The molecule has 0 radical (unpaired) electrons. The van der Waals surface area contributed by atoms with Crippen molar-refractivity contribution in [3.8, 4) is 0 Å². The van der Waals surface area contributed by atoms with Crippen molar-refractivity contribution in [2.24, 2.45) is 5.92 Å². The number of likely N-dealkylation sites (tertiary alicyclic amines) is 1. The minimum Gasteiger partial charge on any atom is -0.352 e. The first-order valence-corrected chi connectivity index (χ1v) is 10.8. The highest BCUT2D eigenvalue weighted by Crippen LogP contribution is 2.31.